The SMILES string of the molecule is CC(C)(CC[C@H]1CCC(=O)N1)[Si](O)(c1ccccc1)c1ccccc1. The molecule has 1 saturated heterocycles. The molecule has 0 spiro atoms. The molecule has 3 rings (SSSR count). The van der Waals surface area contributed by atoms with Crippen LogP contribution in [0.4, 0.5) is 0 Å². The lowest BCUT2D eigenvalue weighted by Crippen LogP contribution is -2.65. The van der Waals surface area contributed by atoms with E-state index in [0.29, 0.717) is 6.42 Å². The number of rotatable bonds is 6. The van der Waals surface area contributed by atoms with Gasteiger partial charge in [-0.25, -0.2) is 0 Å². The van der Waals surface area contributed by atoms with Gasteiger partial charge in [0.1, 0.15) is 0 Å². The largest absolute Gasteiger partial charge is 0.424 e. The normalized spacial score (nSPS) is 18.2. The van der Waals surface area contributed by atoms with E-state index in [9.17, 15) is 9.59 Å². The molecule has 0 unspecified atom stereocenters. The predicted octanol–water partition coefficient (Wildman–Crippen LogP) is 2.58. The molecule has 2 aromatic carbocycles. The number of carbonyl (C=O) groups excluding carboxylic acids is 1. The molecule has 132 valence electrons. The van der Waals surface area contributed by atoms with Crippen molar-refractivity contribution in [2.24, 2.45) is 0 Å². The summed E-state index contributed by atoms with van der Waals surface area (Å²) in [6, 6.07) is 20.5. The monoisotopic (exact) mass is 353 g/mol. The minimum absolute atomic E-state index is 0.154. The zero-order chi connectivity index (χ0) is 17.9. The molecule has 1 aliphatic heterocycles. The summed E-state index contributed by atoms with van der Waals surface area (Å²) < 4.78 is 0. The number of benzene rings is 2. The molecule has 3 nitrogen and oxygen atoms in total. The molecule has 1 fully saturated rings. The highest BCUT2D eigenvalue weighted by Crippen LogP contribution is 2.40. The van der Waals surface area contributed by atoms with Crippen molar-refractivity contribution >= 4 is 24.6 Å². The molecule has 2 N–H and O–H groups in total. The van der Waals surface area contributed by atoms with Crippen LogP contribution >= 0.6 is 0 Å². The van der Waals surface area contributed by atoms with E-state index < -0.39 is 8.32 Å². The minimum Gasteiger partial charge on any atom is -0.424 e. The van der Waals surface area contributed by atoms with Crippen LogP contribution in [0.25, 0.3) is 0 Å². The van der Waals surface area contributed by atoms with Gasteiger partial charge in [-0.05, 0) is 34.7 Å². The molecule has 1 aliphatic rings. The Balaban J connectivity index is 1.92. The molecule has 1 atom stereocenters. The van der Waals surface area contributed by atoms with E-state index in [0.717, 1.165) is 29.6 Å². The Morgan fingerprint density at radius 1 is 1.04 bits per heavy atom. The van der Waals surface area contributed by atoms with Crippen LogP contribution < -0.4 is 15.7 Å². The van der Waals surface area contributed by atoms with Crippen molar-refractivity contribution in [1.29, 1.82) is 0 Å². The maximum absolute atomic E-state index is 12.1. The van der Waals surface area contributed by atoms with Crippen LogP contribution in [0.5, 0.6) is 0 Å². The number of amides is 1. The van der Waals surface area contributed by atoms with Crippen molar-refractivity contribution in [3.8, 4) is 0 Å². The maximum atomic E-state index is 12.1. The van der Waals surface area contributed by atoms with Crippen LogP contribution in [-0.4, -0.2) is 25.1 Å². The maximum Gasteiger partial charge on any atom is 0.258 e. The lowest BCUT2D eigenvalue weighted by molar-refractivity contribution is -0.119. The lowest BCUT2D eigenvalue weighted by atomic mass is 10.0. The van der Waals surface area contributed by atoms with E-state index in [1.54, 1.807) is 0 Å². The van der Waals surface area contributed by atoms with Gasteiger partial charge < -0.3 is 10.1 Å². The fourth-order valence-corrected chi connectivity index (χ4v) is 7.67. The quantitative estimate of drug-likeness (QED) is 0.784. The first-order chi connectivity index (χ1) is 11.9. The van der Waals surface area contributed by atoms with Gasteiger partial charge in [0.2, 0.25) is 5.91 Å². The number of hydrogen-bond donors (Lipinski definition) is 2. The van der Waals surface area contributed by atoms with Crippen LogP contribution in [0.2, 0.25) is 5.04 Å². The molecule has 1 heterocycles. The second kappa shape index (κ2) is 7.14. The Morgan fingerprint density at radius 2 is 1.56 bits per heavy atom. The third kappa shape index (κ3) is 3.55. The molecule has 0 aliphatic carbocycles. The number of nitrogens with one attached hydrogen (secondary N) is 1. The Labute approximate surface area is 151 Å². The number of carbonyl (C=O) groups is 1. The third-order valence-corrected chi connectivity index (χ3v) is 10.1. The van der Waals surface area contributed by atoms with Crippen LogP contribution in [0.3, 0.4) is 0 Å². The summed E-state index contributed by atoms with van der Waals surface area (Å²) in [5.41, 5.74) is 0. The summed E-state index contributed by atoms with van der Waals surface area (Å²) in [4.78, 5) is 23.5. The van der Waals surface area contributed by atoms with Crippen LogP contribution in [0.1, 0.15) is 39.5 Å². The summed E-state index contributed by atoms with van der Waals surface area (Å²) in [5, 5.41) is 4.89. The van der Waals surface area contributed by atoms with Crippen molar-refractivity contribution in [3.63, 3.8) is 0 Å². The Hall–Kier alpha value is -1.91. The average molecular weight is 354 g/mol. The predicted molar refractivity (Wildman–Crippen MR) is 105 cm³/mol. The molecule has 0 saturated carbocycles. The van der Waals surface area contributed by atoms with Crippen molar-refractivity contribution in [2.75, 3.05) is 0 Å². The average Bonchev–Trinajstić information content (AvgIpc) is 3.06. The Bertz CT molecular complexity index is 676. The molecule has 4 heteroatoms. The Morgan fingerprint density at radius 3 is 2.00 bits per heavy atom. The topological polar surface area (TPSA) is 49.3 Å². The fourth-order valence-electron chi connectivity index (χ4n) is 3.92. The van der Waals surface area contributed by atoms with Gasteiger partial charge >= 0.3 is 0 Å². The molecule has 2 aromatic rings. The zero-order valence-corrected chi connectivity index (χ0v) is 16.0. The second-order valence-electron chi connectivity index (χ2n) is 7.67. The summed E-state index contributed by atoms with van der Waals surface area (Å²) in [6.07, 6.45) is 3.33. The first kappa shape index (κ1) is 17.9. The second-order valence-corrected chi connectivity index (χ2v) is 11.6. The highest BCUT2D eigenvalue weighted by molar-refractivity contribution is 6.98. The van der Waals surface area contributed by atoms with Crippen molar-refractivity contribution in [2.45, 2.75) is 50.6 Å². The zero-order valence-electron chi connectivity index (χ0n) is 15.0. The lowest BCUT2D eigenvalue weighted by Gasteiger charge is -2.41. The first-order valence-electron chi connectivity index (χ1n) is 9.06. The van der Waals surface area contributed by atoms with Crippen molar-refractivity contribution in [3.05, 3.63) is 60.7 Å². The van der Waals surface area contributed by atoms with Crippen molar-refractivity contribution in [1.82, 2.24) is 5.32 Å². The van der Waals surface area contributed by atoms with Crippen LogP contribution in [-0.2, 0) is 4.79 Å². The minimum atomic E-state index is -2.93. The van der Waals surface area contributed by atoms with E-state index >= 15 is 0 Å². The standard InChI is InChI=1S/C21H27NO2Si/c1-21(2,16-15-17-13-14-20(23)22-17)25(24,18-9-5-3-6-10-18)19-11-7-4-8-12-19/h3-12,17,24H,13-16H2,1-2H3,(H,22,23)/t17-/m1/s1. The van der Waals surface area contributed by atoms with Gasteiger partial charge in [-0.15, -0.1) is 0 Å². The molecule has 0 radical (unpaired) electrons. The van der Waals surface area contributed by atoms with Gasteiger partial charge in [-0.3, -0.25) is 4.79 Å². The summed E-state index contributed by atoms with van der Waals surface area (Å²) >= 11 is 0. The van der Waals surface area contributed by atoms with Gasteiger partial charge in [0.25, 0.3) is 8.32 Å². The van der Waals surface area contributed by atoms with E-state index in [1.807, 2.05) is 36.4 Å². The molecular formula is C21H27NO2Si. The highest BCUT2D eigenvalue weighted by atomic mass is 28.4. The van der Waals surface area contributed by atoms with Crippen LogP contribution in [0.15, 0.2) is 60.7 Å². The van der Waals surface area contributed by atoms with Crippen LogP contribution in [0, 0.1) is 0 Å². The smallest absolute Gasteiger partial charge is 0.258 e. The van der Waals surface area contributed by atoms with Crippen molar-refractivity contribution < 1.29 is 9.59 Å². The summed E-state index contributed by atoms with van der Waals surface area (Å²) in [7, 11) is -2.93. The van der Waals surface area contributed by atoms with Gasteiger partial charge in [0.15, 0.2) is 0 Å². The van der Waals surface area contributed by atoms with Gasteiger partial charge in [0, 0.05) is 12.5 Å². The van der Waals surface area contributed by atoms with E-state index in [-0.39, 0.29) is 17.0 Å². The highest BCUT2D eigenvalue weighted by Gasteiger charge is 2.49. The third-order valence-electron chi connectivity index (χ3n) is 5.57. The number of hydrogen-bond acceptors (Lipinski definition) is 2. The molecular weight excluding hydrogens is 326 g/mol. The van der Waals surface area contributed by atoms with Gasteiger partial charge in [-0.1, -0.05) is 74.5 Å². The van der Waals surface area contributed by atoms with E-state index in [4.69, 9.17) is 0 Å². The first-order valence-corrected chi connectivity index (χ1v) is 11.0. The summed E-state index contributed by atoms with van der Waals surface area (Å²) in [6.45, 7) is 4.35. The van der Waals surface area contributed by atoms with E-state index in [2.05, 4.69) is 43.4 Å². The molecule has 25 heavy (non-hydrogen) atoms. The van der Waals surface area contributed by atoms with E-state index in [1.165, 1.54) is 0 Å². The molecule has 1 amide bonds. The van der Waals surface area contributed by atoms with Gasteiger partial charge in [0.05, 0.1) is 0 Å². The molecule has 0 aromatic heterocycles. The summed E-state index contributed by atoms with van der Waals surface area (Å²) in [5.74, 6) is 0.154. The van der Waals surface area contributed by atoms with Gasteiger partial charge in [-0.2, -0.15) is 0 Å². The Kier molecular flexibility index (Phi) is 5.11. The molecule has 0 bridgehead atoms. The fraction of sp³-hybridized carbons (Fsp3) is 0.381.